The summed E-state index contributed by atoms with van der Waals surface area (Å²) in [5.74, 6) is 0.213. The van der Waals surface area contributed by atoms with Crippen LogP contribution in [0.25, 0.3) is 16.8 Å². The highest BCUT2D eigenvalue weighted by molar-refractivity contribution is 5.95. The fourth-order valence-electron chi connectivity index (χ4n) is 2.26. The van der Waals surface area contributed by atoms with Gasteiger partial charge in [0.2, 0.25) is 0 Å². The fraction of sp³-hybridized carbons (Fsp3) is 0. The first kappa shape index (κ1) is 13.1. The minimum atomic E-state index is 0.213. The number of aliphatic imine (C=N–C) groups is 1. The number of aromatic hydroxyl groups is 1. The van der Waals surface area contributed by atoms with Crippen molar-refractivity contribution in [3.8, 4) is 5.75 Å². The molecule has 2 nitrogen and oxygen atoms in total. The largest absolute Gasteiger partial charge is 0.507 e. The molecule has 0 aromatic heterocycles. The minimum Gasteiger partial charge on any atom is -0.507 e. The highest BCUT2D eigenvalue weighted by atomic mass is 16.3. The Morgan fingerprint density at radius 3 is 2.62 bits per heavy atom. The second-order valence-corrected chi connectivity index (χ2v) is 4.78. The molecule has 0 aliphatic rings. The molecule has 1 N–H and O–H groups in total. The number of hydrogen-bond donors (Lipinski definition) is 1. The van der Waals surface area contributed by atoms with Gasteiger partial charge >= 0.3 is 0 Å². The number of nitrogens with zero attached hydrogens (tertiary/aromatic N) is 1. The summed E-state index contributed by atoms with van der Waals surface area (Å²) in [6.45, 7) is 3.73. The summed E-state index contributed by atoms with van der Waals surface area (Å²) in [5, 5.41) is 12.1. The Morgan fingerprint density at radius 2 is 1.76 bits per heavy atom. The van der Waals surface area contributed by atoms with Crippen molar-refractivity contribution in [3.63, 3.8) is 0 Å². The zero-order chi connectivity index (χ0) is 14.7. The monoisotopic (exact) mass is 273 g/mol. The Balaban J connectivity index is 2.04. The third-order valence-corrected chi connectivity index (χ3v) is 3.40. The van der Waals surface area contributed by atoms with Crippen molar-refractivity contribution in [1.29, 1.82) is 0 Å². The van der Waals surface area contributed by atoms with Crippen molar-refractivity contribution in [2.24, 2.45) is 4.99 Å². The van der Waals surface area contributed by atoms with Crippen molar-refractivity contribution >= 4 is 28.8 Å². The predicted molar refractivity (Wildman–Crippen MR) is 89.4 cm³/mol. The van der Waals surface area contributed by atoms with Crippen LogP contribution in [0, 0.1) is 0 Å². The minimum absolute atomic E-state index is 0.213. The molecule has 21 heavy (non-hydrogen) atoms. The molecule has 3 aromatic rings. The maximum Gasteiger partial charge on any atom is 0.124 e. The zero-order valence-electron chi connectivity index (χ0n) is 11.5. The van der Waals surface area contributed by atoms with Gasteiger partial charge in [0.05, 0.1) is 5.69 Å². The molecule has 3 aromatic carbocycles. The van der Waals surface area contributed by atoms with Gasteiger partial charge < -0.3 is 5.11 Å². The number of hydrogen-bond acceptors (Lipinski definition) is 2. The number of phenolic OH excluding ortho intramolecular Hbond substituents is 1. The number of phenols is 1. The third-order valence-electron chi connectivity index (χ3n) is 3.40. The van der Waals surface area contributed by atoms with Gasteiger partial charge in [0.15, 0.2) is 0 Å². The predicted octanol–water partition coefficient (Wildman–Crippen LogP) is 4.94. The number of benzene rings is 3. The molecule has 102 valence electrons. The summed E-state index contributed by atoms with van der Waals surface area (Å²) >= 11 is 0. The molecular weight excluding hydrogens is 258 g/mol. The van der Waals surface area contributed by atoms with Gasteiger partial charge in [-0.25, -0.2) is 0 Å². The van der Waals surface area contributed by atoms with Crippen LogP contribution in [0.2, 0.25) is 0 Å². The summed E-state index contributed by atoms with van der Waals surface area (Å²) in [4.78, 5) is 4.52. The SMILES string of the molecule is C=Cc1ccc(O)c(C=Nc2cccc3ccccc23)c1. The molecule has 0 spiro atoms. The van der Waals surface area contributed by atoms with Gasteiger partial charge in [-0.1, -0.05) is 55.1 Å². The molecular formula is C19H15NO. The summed E-state index contributed by atoms with van der Waals surface area (Å²) < 4.78 is 0. The molecule has 0 aliphatic heterocycles. The molecule has 0 radical (unpaired) electrons. The first-order chi connectivity index (χ1) is 10.3. The molecule has 0 atom stereocenters. The van der Waals surface area contributed by atoms with E-state index in [0.29, 0.717) is 5.56 Å². The van der Waals surface area contributed by atoms with E-state index in [1.165, 1.54) is 0 Å². The van der Waals surface area contributed by atoms with Gasteiger partial charge in [-0.3, -0.25) is 4.99 Å². The van der Waals surface area contributed by atoms with E-state index in [4.69, 9.17) is 0 Å². The Labute approximate surface area is 123 Å². The van der Waals surface area contributed by atoms with Crippen LogP contribution in [-0.4, -0.2) is 11.3 Å². The van der Waals surface area contributed by atoms with Gasteiger partial charge in [-0.2, -0.15) is 0 Å². The van der Waals surface area contributed by atoms with Crippen LogP contribution < -0.4 is 0 Å². The lowest BCUT2D eigenvalue weighted by Crippen LogP contribution is -1.84. The molecule has 0 amide bonds. The average Bonchev–Trinajstić information content (AvgIpc) is 2.54. The van der Waals surface area contributed by atoms with Crippen LogP contribution in [-0.2, 0) is 0 Å². The molecule has 0 saturated heterocycles. The molecule has 0 bridgehead atoms. The van der Waals surface area contributed by atoms with E-state index in [0.717, 1.165) is 22.0 Å². The van der Waals surface area contributed by atoms with Gasteiger partial charge in [0, 0.05) is 17.2 Å². The zero-order valence-corrected chi connectivity index (χ0v) is 11.5. The van der Waals surface area contributed by atoms with Crippen LogP contribution in [0.5, 0.6) is 5.75 Å². The number of rotatable bonds is 3. The van der Waals surface area contributed by atoms with Crippen LogP contribution >= 0.6 is 0 Å². The van der Waals surface area contributed by atoms with E-state index in [2.05, 4.69) is 23.7 Å². The van der Waals surface area contributed by atoms with Crippen molar-refractivity contribution < 1.29 is 5.11 Å². The van der Waals surface area contributed by atoms with Gasteiger partial charge in [0.1, 0.15) is 5.75 Å². The van der Waals surface area contributed by atoms with Gasteiger partial charge in [-0.05, 0) is 29.1 Å². The van der Waals surface area contributed by atoms with E-state index in [9.17, 15) is 5.11 Å². The lowest BCUT2D eigenvalue weighted by atomic mass is 10.1. The van der Waals surface area contributed by atoms with Crippen LogP contribution in [0.3, 0.4) is 0 Å². The van der Waals surface area contributed by atoms with Gasteiger partial charge in [0.25, 0.3) is 0 Å². The van der Waals surface area contributed by atoms with E-state index in [-0.39, 0.29) is 5.75 Å². The molecule has 0 aliphatic carbocycles. The molecule has 0 saturated carbocycles. The molecule has 0 unspecified atom stereocenters. The second-order valence-electron chi connectivity index (χ2n) is 4.78. The highest BCUT2D eigenvalue weighted by Gasteiger charge is 2.01. The maximum atomic E-state index is 9.90. The Bertz CT molecular complexity index is 829. The Morgan fingerprint density at radius 1 is 0.952 bits per heavy atom. The van der Waals surface area contributed by atoms with E-state index in [1.807, 2.05) is 42.5 Å². The summed E-state index contributed by atoms with van der Waals surface area (Å²) in [6, 6.07) is 19.4. The molecule has 2 heteroatoms. The van der Waals surface area contributed by atoms with Gasteiger partial charge in [-0.15, -0.1) is 0 Å². The van der Waals surface area contributed by atoms with E-state index in [1.54, 1.807) is 18.4 Å². The summed E-state index contributed by atoms with van der Waals surface area (Å²) in [7, 11) is 0. The molecule has 3 rings (SSSR count). The standard InChI is InChI=1S/C19H15NO/c1-2-14-10-11-19(21)16(12-14)13-20-18-9-5-7-15-6-3-4-8-17(15)18/h2-13,21H,1H2. The number of fused-ring (bicyclic) bond motifs is 1. The highest BCUT2D eigenvalue weighted by Crippen LogP contribution is 2.26. The smallest absolute Gasteiger partial charge is 0.124 e. The van der Waals surface area contributed by atoms with Crippen molar-refractivity contribution in [1.82, 2.24) is 0 Å². The summed E-state index contributed by atoms with van der Waals surface area (Å²) in [6.07, 6.45) is 3.43. The Kier molecular flexibility index (Phi) is 3.52. The molecule has 0 heterocycles. The van der Waals surface area contributed by atoms with Crippen molar-refractivity contribution in [2.75, 3.05) is 0 Å². The van der Waals surface area contributed by atoms with Crippen LogP contribution in [0.15, 0.2) is 72.2 Å². The van der Waals surface area contributed by atoms with E-state index < -0.39 is 0 Å². The first-order valence-corrected chi connectivity index (χ1v) is 6.75. The maximum absolute atomic E-state index is 9.90. The van der Waals surface area contributed by atoms with Crippen LogP contribution in [0.1, 0.15) is 11.1 Å². The fourth-order valence-corrected chi connectivity index (χ4v) is 2.26. The van der Waals surface area contributed by atoms with Crippen molar-refractivity contribution in [2.45, 2.75) is 0 Å². The third kappa shape index (κ3) is 2.70. The first-order valence-electron chi connectivity index (χ1n) is 6.75. The van der Waals surface area contributed by atoms with Crippen molar-refractivity contribution in [3.05, 3.63) is 78.4 Å². The average molecular weight is 273 g/mol. The normalized spacial score (nSPS) is 11.0. The topological polar surface area (TPSA) is 32.6 Å². The van der Waals surface area contributed by atoms with Crippen LogP contribution in [0.4, 0.5) is 5.69 Å². The second kappa shape index (κ2) is 5.63. The molecule has 0 fully saturated rings. The Hall–Kier alpha value is -2.87. The van der Waals surface area contributed by atoms with E-state index >= 15 is 0 Å². The quantitative estimate of drug-likeness (QED) is 0.674. The summed E-state index contributed by atoms with van der Waals surface area (Å²) in [5.41, 5.74) is 2.52. The lowest BCUT2D eigenvalue weighted by Gasteiger charge is -2.03. The lowest BCUT2D eigenvalue weighted by molar-refractivity contribution is 0.474.